The number of nitrogens with zero attached hydrogens (tertiary/aromatic N) is 1. The molecule has 3 aromatic rings. The van der Waals surface area contributed by atoms with Crippen molar-refractivity contribution < 1.29 is 13.2 Å². The summed E-state index contributed by atoms with van der Waals surface area (Å²) in [6, 6.07) is 13.3. The predicted octanol–water partition coefficient (Wildman–Crippen LogP) is 4.05. The first-order valence-corrected chi connectivity index (χ1v) is 8.82. The Balaban J connectivity index is 2.31. The fourth-order valence-corrected chi connectivity index (χ4v) is 4.29. The number of hydrogen-bond acceptors (Lipinski definition) is 3. The number of halogens is 1. The van der Waals surface area contributed by atoms with E-state index >= 15 is 0 Å². The Morgan fingerprint density at radius 1 is 1.13 bits per heavy atom. The minimum atomic E-state index is -3.75. The van der Waals surface area contributed by atoms with Gasteiger partial charge in [0.25, 0.3) is 10.0 Å². The Labute approximate surface area is 140 Å². The Bertz CT molecular complexity index is 959. The topological polar surface area (TPSA) is 48.3 Å². The Morgan fingerprint density at radius 2 is 1.78 bits per heavy atom. The van der Waals surface area contributed by atoms with Crippen LogP contribution in [0.15, 0.2) is 53.4 Å². The number of benzene rings is 2. The Hall–Kier alpha value is -1.98. The van der Waals surface area contributed by atoms with E-state index in [1.165, 1.54) is 16.1 Å². The van der Waals surface area contributed by atoms with E-state index in [-0.39, 0.29) is 11.5 Å². The van der Waals surface area contributed by atoms with Gasteiger partial charge in [-0.25, -0.2) is 12.4 Å². The van der Waals surface area contributed by atoms with Crippen molar-refractivity contribution in [3.8, 4) is 5.75 Å². The van der Waals surface area contributed by atoms with Crippen molar-refractivity contribution in [1.29, 1.82) is 0 Å². The Morgan fingerprint density at radius 3 is 2.43 bits per heavy atom. The molecule has 0 aliphatic heterocycles. The average Bonchev–Trinajstić information content (AvgIpc) is 2.81. The summed E-state index contributed by atoms with van der Waals surface area (Å²) in [4.78, 5) is 0.173. The minimum Gasteiger partial charge on any atom is -0.491 e. The molecule has 0 unspecified atom stereocenters. The lowest BCUT2D eigenvalue weighted by Gasteiger charge is -2.10. The lowest BCUT2D eigenvalue weighted by molar-refractivity contribution is 0.362. The van der Waals surface area contributed by atoms with E-state index in [0.29, 0.717) is 22.0 Å². The van der Waals surface area contributed by atoms with Gasteiger partial charge in [-0.3, -0.25) is 0 Å². The molecule has 0 aliphatic carbocycles. The fraction of sp³-hybridized carbons (Fsp3) is 0.118. The van der Waals surface area contributed by atoms with E-state index < -0.39 is 10.0 Å². The molecule has 23 heavy (non-hydrogen) atoms. The van der Waals surface area contributed by atoms with Gasteiger partial charge in [-0.2, -0.15) is 0 Å². The van der Waals surface area contributed by atoms with Gasteiger partial charge in [0.2, 0.25) is 0 Å². The van der Waals surface area contributed by atoms with Gasteiger partial charge in [0, 0.05) is 10.4 Å². The van der Waals surface area contributed by atoms with Crippen LogP contribution in [0.2, 0.25) is 5.02 Å². The van der Waals surface area contributed by atoms with Gasteiger partial charge >= 0.3 is 0 Å². The molecule has 6 heteroatoms. The zero-order valence-corrected chi connectivity index (χ0v) is 14.1. The van der Waals surface area contributed by atoms with E-state index in [4.69, 9.17) is 16.3 Å². The lowest BCUT2D eigenvalue weighted by atomic mass is 10.2. The van der Waals surface area contributed by atoms with Gasteiger partial charge in [0.1, 0.15) is 5.75 Å². The second-order valence-electron chi connectivity index (χ2n) is 5.00. The van der Waals surface area contributed by atoms with Crippen molar-refractivity contribution in [2.45, 2.75) is 11.8 Å². The molecule has 0 saturated carbocycles. The molecule has 0 fully saturated rings. The van der Waals surface area contributed by atoms with Crippen molar-refractivity contribution in [3.63, 3.8) is 0 Å². The number of aromatic nitrogens is 1. The zero-order chi connectivity index (χ0) is 16.6. The number of rotatable bonds is 4. The first-order valence-electron chi connectivity index (χ1n) is 7.00. The zero-order valence-electron chi connectivity index (χ0n) is 12.5. The molecule has 0 spiro atoms. The van der Waals surface area contributed by atoms with Crippen LogP contribution in [0.1, 0.15) is 5.69 Å². The van der Waals surface area contributed by atoms with Crippen LogP contribution in [0.5, 0.6) is 5.75 Å². The molecule has 1 heterocycles. The highest BCUT2D eigenvalue weighted by molar-refractivity contribution is 7.90. The standard InChI is InChI=1S/C17H15ClNO3S/c1-3-22-17-12(2)19(16-7-5-4-6-15(16)17)23(20,21)14-10-8-13(18)9-11-14/h4-11H,1,3H2,2H3. The van der Waals surface area contributed by atoms with Crippen LogP contribution < -0.4 is 4.74 Å². The summed E-state index contributed by atoms with van der Waals surface area (Å²) in [5, 5.41) is 1.23. The van der Waals surface area contributed by atoms with Crippen molar-refractivity contribution >= 4 is 32.5 Å². The molecule has 4 nitrogen and oxygen atoms in total. The number of hydrogen-bond donors (Lipinski definition) is 0. The monoisotopic (exact) mass is 348 g/mol. The first kappa shape index (κ1) is 15.9. The number of ether oxygens (including phenoxy) is 1. The van der Waals surface area contributed by atoms with E-state index in [1.807, 2.05) is 12.1 Å². The van der Waals surface area contributed by atoms with Gasteiger partial charge in [0.15, 0.2) is 0 Å². The molecule has 0 atom stereocenters. The molecule has 0 aliphatic rings. The molecule has 1 aromatic heterocycles. The molecule has 0 bridgehead atoms. The highest BCUT2D eigenvalue weighted by atomic mass is 35.5. The Kier molecular flexibility index (Phi) is 4.08. The SMILES string of the molecule is [CH2]COc1c(C)n(S(=O)(=O)c2ccc(Cl)cc2)c2ccccc12. The number of fused-ring (bicyclic) bond motifs is 1. The van der Waals surface area contributed by atoms with Gasteiger partial charge in [-0.1, -0.05) is 23.7 Å². The summed E-state index contributed by atoms with van der Waals surface area (Å²) < 4.78 is 33.0. The summed E-state index contributed by atoms with van der Waals surface area (Å²) in [5.74, 6) is 0.535. The van der Waals surface area contributed by atoms with Crippen LogP contribution in [-0.4, -0.2) is 19.0 Å². The fourth-order valence-electron chi connectivity index (χ4n) is 2.62. The molecule has 2 aromatic carbocycles. The van der Waals surface area contributed by atoms with Crippen molar-refractivity contribution in [1.82, 2.24) is 3.97 Å². The van der Waals surface area contributed by atoms with Crippen molar-refractivity contribution in [2.24, 2.45) is 0 Å². The summed E-state index contributed by atoms with van der Waals surface area (Å²) >= 11 is 5.85. The lowest BCUT2D eigenvalue weighted by Crippen LogP contribution is -2.14. The van der Waals surface area contributed by atoms with Gasteiger partial charge in [0.05, 0.1) is 22.7 Å². The molecular formula is C17H15ClNO3S. The maximum atomic E-state index is 13.0. The van der Waals surface area contributed by atoms with E-state index in [0.717, 1.165) is 5.39 Å². The maximum absolute atomic E-state index is 13.0. The van der Waals surface area contributed by atoms with Crippen LogP contribution >= 0.6 is 11.6 Å². The van der Waals surface area contributed by atoms with Crippen molar-refractivity contribution in [2.75, 3.05) is 6.61 Å². The maximum Gasteiger partial charge on any atom is 0.268 e. The van der Waals surface area contributed by atoms with Crippen LogP contribution in [0.3, 0.4) is 0 Å². The molecule has 119 valence electrons. The second kappa shape index (κ2) is 5.91. The summed E-state index contributed by atoms with van der Waals surface area (Å²) in [7, 11) is -3.75. The third-order valence-corrected chi connectivity index (χ3v) is 5.67. The van der Waals surface area contributed by atoms with Crippen LogP contribution in [-0.2, 0) is 10.0 Å². The predicted molar refractivity (Wildman–Crippen MR) is 91.6 cm³/mol. The van der Waals surface area contributed by atoms with Gasteiger partial charge in [-0.05, 0) is 50.2 Å². The minimum absolute atomic E-state index is 0.173. The third-order valence-electron chi connectivity index (χ3n) is 3.60. The van der Waals surface area contributed by atoms with E-state index in [9.17, 15) is 8.42 Å². The third kappa shape index (κ3) is 2.60. The smallest absolute Gasteiger partial charge is 0.268 e. The molecular weight excluding hydrogens is 334 g/mol. The van der Waals surface area contributed by atoms with E-state index in [2.05, 4.69) is 6.92 Å². The largest absolute Gasteiger partial charge is 0.491 e. The van der Waals surface area contributed by atoms with Crippen LogP contribution in [0.4, 0.5) is 0 Å². The first-order chi connectivity index (χ1) is 11.0. The number of para-hydroxylation sites is 1. The highest BCUT2D eigenvalue weighted by Gasteiger charge is 2.25. The normalized spacial score (nSPS) is 11.8. The molecule has 0 saturated heterocycles. The molecule has 0 amide bonds. The molecule has 0 N–H and O–H groups in total. The second-order valence-corrected chi connectivity index (χ2v) is 7.23. The summed E-state index contributed by atoms with van der Waals surface area (Å²) in [5.41, 5.74) is 1.09. The summed E-state index contributed by atoms with van der Waals surface area (Å²) in [6.07, 6.45) is 0. The van der Waals surface area contributed by atoms with Crippen LogP contribution in [0, 0.1) is 13.8 Å². The van der Waals surface area contributed by atoms with E-state index in [1.54, 1.807) is 31.2 Å². The summed E-state index contributed by atoms with van der Waals surface area (Å²) in [6.45, 7) is 5.61. The molecule has 3 rings (SSSR count). The van der Waals surface area contributed by atoms with Crippen molar-refractivity contribution in [3.05, 3.63) is 66.2 Å². The highest BCUT2D eigenvalue weighted by Crippen LogP contribution is 2.35. The quantitative estimate of drug-likeness (QED) is 0.714. The van der Waals surface area contributed by atoms with Gasteiger partial charge < -0.3 is 4.74 Å². The molecule has 1 radical (unpaired) electrons. The van der Waals surface area contributed by atoms with Gasteiger partial charge in [-0.15, -0.1) is 0 Å². The van der Waals surface area contributed by atoms with Crippen LogP contribution in [0.25, 0.3) is 10.9 Å². The average molecular weight is 349 g/mol.